The Bertz CT molecular complexity index is 539. The molecule has 2 atom stereocenters. The van der Waals surface area contributed by atoms with Crippen molar-refractivity contribution in [3.05, 3.63) is 18.6 Å². The molecule has 0 amide bonds. The molecule has 0 spiro atoms. The van der Waals surface area contributed by atoms with Gasteiger partial charge >= 0.3 is 0 Å². The zero-order valence-electron chi connectivity index (χ0n) is 10.5. The lowest BCUT2D eigenvalue weighted by molar-refractivity contribution is 0.226. The summed E-state index contributed by atoms with van der Waals surface area (Å²) >= 11 is 0. The van der Waals surface area contributed by atoms with Gasteiger partial charge in [-0.2, -0.15) is 0 Å². The normalized spacial score (nSPS) is 24.7. The number of nitrogens with one attached hydrogen (secondary N) is 1. The molecule has 1 saturated heterocycles. The number of rotatable bonds is 2. The smallest absolute Gasteiger partial charge is 0.142 e. The minimum atomic E-state index is 0.175. The summed E-state index contributed by atoms with van der Waals surface area (Å²) in [4.78, 5) is 14.0. The third-order valence-electron chi connectivity index (χ3n) is 3.76. The highest BCUT2D eigenvalue weighted by molar-refractivity contribution is 5.87. The van der Waals surface area contributed by atoms with Crippen LogP contribution >= 0.6 is 0 Å². The van der Waals surface area contributed by atoms with Crippen molar-refractivity contribution in [2.24, 2.45) is 5.92 Å². The highest BCUT2D eigenvalue weighted by Gasteiger charge is 2.27. The van der Waals surface area contributed by atoms with Crippen molar-refractivity contribution in [3.63, 3.8) is 0 Å². The molecule has 2 N–H and O–H groups in total. The van der Waals surface area contributed by atoms with Gasteiger partial charge in [0.05, 0.1) is 18.0 Å². The minimum Gasteiger partial charge on any atom is -0.394 e. The predicted octanol–water partition coefficient (Wildman–Crippen LogP) is 1.56. The summed E-state index contributed by atoms with van der Waals surface area (Å²) in [6.07, 6.45) is 5.66. The number of aliphatic hydroxyl groups excluding tert-OH is 1. The molecular formula is C13H18N4O. The fourth-order valence-electron chi connectivity index (χ4n) is 2.75. The molecule has 2 aromatic rings. The predicted molar refractivity (Wildman–Crippen MR) is 70.5 cm³/mol. The van der Waals surface area contributed by atoms with Crippen LogP contribution in [-0.2, 0) is 0 Å². The van der Waals surface area contributed by atoms with Gasteiger partial charge < -0.3 is 15.0 Å². The molecule has 0 radical (unpaired) electrons. The molecule has 96 valence electrons. The Labute approximate surface area is 106 Å². The Hall–Kier alpha value is -1.62. The first-order chi connectivity index (χ1) is 8.79. The van der Waals surface area contributed by atoms with E-state index in [1.165, 1.54) is 6.42 Å². The molecular weight excluding hydrogens is 228 g/mol. The van der Waals surface area contributed by atoms with Crippen LogP contribution in [0.5, 0.6) is 0 Å². The van der Waals surface area contributed by atoms with Gasteiger partial charge in [0.2, 0.25) is 0 Å². The van der Waals surface area contributed by atoms with E-state index in [0.29, 0.717) is 5.92 Å². The maximum atomic E-state index is 9.54. The van der Waals surface area contributed by atoms with Crippen LogP contribution < -0.4 is 4.90 Å². The summed E-state index contributed by atoms with van der Waals surface area (Å²) < 4.78 is 0. The maximum Gasteiger partial charge on any atom is 0.142 e. The van der Waals surface area contributed by atoms with Crippen LogP contribution in [0.15, 0.2) is 18.6 Å². The lowest BCUT2D eigenvalue weighted by atomic mass is 9.94. The zero-order valence-corrected chi connectivity index (χ0v) is 10.5. The van der Waals surface area contributed by atoms with E-state index in [1.807, 2.05) is 12.3 Å². The van der Waals surface area contributed by atoms with Gasteiger partial charge in [-0.15, -0.1) is 0 Å². The molecule has 3 heterocycles. The second kappa shape index (κ2) is 4.57. The summed E-state index contributed by atoms with van der Waals surface area (Å²) in [7, 11) is 0. The SMILES string of the molecule is C[C@H]1CC[C@H](CO)N(c2ncnc3[nH]ccc23)C1. The van der Waals surface area contributed by atoms with Crippen LogP contribution in [0.3, 0.4) is 0 Å². The molecule has 0 aromatic carbocycles. The van der Waals surface area contributed by atoms with Crippen molar-refractivity contribution < 1.29 is 5.11 Å². The first-order valence-corrected chi connectivity index (χ1v) is 6.45. The minimum absolute atomic E-state index is 0.175. The van der Waals surface area contributed by atoms with Crippen molar-refractivity contribution in [2.75, 3.05) is 18.1 Å². The van der Waals surface area contributed by atoms with Gasteiger partial charge in [-0.25, -0.2) is 9.97 Å². The topological polar surface area (TPSA) is 65.0 Å². The summed E-state index contributed by atoms with van der Waals surface area (Å²) in [5, 5.41) is 10.6. The molecule has 5 heteroatoms. The Balaban J connectivity index is 2.03. The summed E-state index contributed by atoms with van der Waals surface area (Å²) in [5.74, 6) is 1.57. The van der Waals surface area contributed by atoms with E-state index in [2.05, 4.69) is 26.8 Å². The first-order valence-electron chi connectivity index (χ1n) is 6.45. The second-order valence-electron chi connectivity index (χ2n) is 5.11. The molecule has 0 unspecified atom stereocenters. The number of hydrogen-bond donors (Lipinski definition) is 2. The molecule has 18 heavy (non-hydrogen) atoms. The highest BCUT2D eigenvalue weighted by Crippen LogP contribution is 2.30. The van der Waals surface area contributed by atoms with E-state index in [0.717, 1.165) is 29.8 Å². The van der Waals surface area contributed by atoms with Crippen LogP contribution in [0.25, 0.3) is 11.0 Å². The molecule has 1 aliphatic heterocycles. The Morgan fingerprint density at radius 3 is 3.17 bits per heavy atom. The van der Waals surface area contributed by atoms with E-state index in [9.17, 15) is 5.11 Å². The van der Waals surface area contributed by atoms with Gasteiger partial charge in [-0.05, 0) is 24.8 Å². The molecule has 3 rings (SSSR count). The average Bonchev–Trinajstić information content (AvgIpc) is 2.86. The number of aliphatic hydroxyl groups is 1. The molecule has 5 nitrogen and oxygen atoms in total. The van der Waals surface area contributed by atoms with E-state index >= 15 is 0 Å². The zero-order chi connectivity index (χ0) is 12.5. The van der Waals surface area contributed by atoms with Gasteiger partial charge in [0.15, 0.2) is 0 Å². The van der Waals surface area contributed by atoms with Crippen molar-refractivity contribution >= 4 is 16.9 Å². The number of fused-ring (bicyclic) bond motifs is 1. The van der Waals surface area contributed by atoms with Crippen molar-refractivity contribution in [1.29, 1.82) is 0 Å². The quantitative estimate of drug-likeness (QED) is 0.844. The molecule has 2 aromatic heterocycles. The standard InChI is InChI=1S/C13H18N4O/c1-9-2-3-10(7-18)17(6-9)13-11-4-5-14-12(11)15-8-16-13/h4-5,8-10,18H,2-3,6-7H2,1H3,(H,14,15,16)/t9-,10+/m0/s1. The van der Waals surface area contributed by atoms with Gasteiger partial charge in [-0.1, -0.05) is 6.92 Å². The number of nitrogens with zero attached hydrogens (tertiary/aromatic N) is 3. The van der Waals surface area contributed by atoms with Crippen LogP contribution in [-0.4, -0.2) is 39.3 Å². The maximum absolute atomic E-state index is 9.54. The van der Waals surface area contributed by atoms with Gasteiger partial charge in [0.25, 0.3) is 0 Å². The van der Waals surface area contributed by atoms with Gasteiger partial charge in [0.1, 0.15) is 17.8 Å². The molecule has 1 fully saturated rings. The Morgan fingerprint density at radius 1 is 1.44 bits per heavy atom. The van der Waals surface area contributed by atoms with E-state index in [4.69, 9.17) is 0 Å². The molecule has 0 saturated carbocycles. The van der Waals surface area contributed by atoms with Gasteiger partial charge in [0, 0.05) is 12.7 Å². The third-order valence-corrected chi connectivity index (χ3v) is 3.76. The van der Waals surface area contributed by atoms with E-state index in [1.54, 1.807) is 6.33 Å². The monoisotopic (exact) mass is 246 g/mol. The Kier molecular flexibility index (Phi) is 2.91. The van der Waals surface area contributed by atoms with E-state index in [-0.39, 0.29) is 12.6 Å². The Morgan fingerprint density at radius 2 is 2.33 bits per heavy atom. The first kappa shape index (κ1) is 11.5. The number of anilines is 1. The number of H-pyrrole nitrogens is 1. The van der Waals surface area contributed by atoms with Crippen LogP contribution in [0, 0.1) is 5.92 Å². The lowest BCUT2D eigenvalue weighted by Gasteiger charge is -2.38. The largest absolute Gasteiger partial charge is 0.394 e. The lowest BCUT2D eigenvalue weighted by Crippen LogP contribution is -2.45. The molecule has 0 bridgehead atoms. The summed E-state index contributed by atoms with van der Waals surface area (Å²) in [6.45, 7) is 3.38. The second-order valence-corrected chi connectivity index (χ2v) is 5.11. The third kappa shape index (κ3) is 1.84. The summed E-state index contributed by atoms with van der Waals surface area (Å²) in [5.41, 5.74) is 0.856. The van der Waals surface area contributed by atoms with Gasteiger partial charge in [-0.3, -0.25) is 0 Å². The van der Waals surface area contributed by atoms with Crippen molar-refractivity contribution in [3.8, 4) is 0 Å². The molecule has 1 aliphatic rings. The van der Waals surface area contributed by atoms with Crippen molar-refractivity contribution in [2.45, 2.75) is 25.8 Å². The number of aromatic amines is 1. The fourth-order valence-corrected chi connectivity index (χ4v) is 2.75. The number of piperidine rings is 1. The van der Waals surface area contributed by atoms with Crippen molar-refractivity contribution in [1.82, 2.24) is 15.0 Å². The fraction of sp³-hybridized carbons (Fsp3) is 0.538. The number of hydrogen-bond acceptors (Lipinski definition) is 4. The van der Waals surface area contributed by atoms with Crippen LogP contribution in [0.1, 0.15) is 19.8 Å². The van der Waals surface area contributed by atoms with E-state index < -0.39 is 0 Å². The summed E-state index contributed by atoms with van der Waals surface area (Å²) in [6, 6.07) is 2.17. The molecule has 0 aliphatic carbocycles. The number of aromatic nitrogens is 3. The van der Waals surface area contributed by atoms with Crippen LogP contribution in [0.2, 0.25) is 0 Å². The average molecular weight is 246 g/mol. The highest BCUT2D eigenvalue weighted by atomic mass is 16.3. The van der Waals surface area contributed by atoms with Crippen LogP contribution in [0.4, 0.5) is 5.82 Å².